The first-order chi connectivity index (χ1) is 16.2. The molecular formula is C27H23ClN2O4. The monoisotopic (exact) mass is 474 g/mol. The highest BCUT2D eigenvalue weighted by molar-refractivity contribution is 6.30. The van der Waals surface area contributed by atoms with Crippen LogP contribution in [0.2, 0.25) is 5.02 Å². The van der Waals surface area contributed by atoms with Crippen LogP contribution in [0.25, 0.3) is 5.57 Å². The van der Waals surface area contributed by atoms with E-state index >= 15 is 0 Å². The lowest BCUT2D eigenvalue weighted by Crippen LogP contribution is -2.31. The minimum Gasteiger partial charge on any atom is -0.457 e. The topological polar surface area (TPSA) is 80.6 Å². The van der Waals surface area contributed by atoms with Crippen LogP contribution >= 0.6 is 11.6 Å². The third kappa shape index (κ3) is 5.16. The largest absolute Gasteiger partial charge is 0.457 e. The molecule has 0 saturated carbocycles. The number of carbonyl (C=O) groups excluding carboxylic acids is 1. The quantitative estimate of drug-likeness (QED) is 0.423. The minimum absolute atomic E-state index is 0.140. The number of hydrogen-bond donors (Lipinski definition) is 1. The Bertz CT molecular complexity index is 1320. The van der Waals surface area contributed by atoms with Gasteiger partial charge >= 0.3 is 0 Å². The van der Waals surface area contributed by atoms with Crippen molar-refractivity contribution in [1.29, 1.82) is 5.26 Å². The van der Waals surface area contributed by atoms with Crippen LogP contribution in [0.1, 0.15) is 36.7 Å². The zero-order chi connectivity index (χ0) is 24.3. The molecule has 0 spiro atoms. The molecule has 1 aliphatic heterocycles. The smallest absolute Gasteiger partial charge is 0.255 e. The van der Waals surface area contributed by atoms with Crippen LogP contribution in [-0.4, -0.2) is 12.7 Å². The molecule has 0 bridgehead atoms. The summed E-state index contributed by atoms with van der Waals surface area (Å²) in [5.74, 6) is 1.90. The van der Waals surface area contributed by atoms with Gasteiger partial charge in [0.2, 0.25) is 6.79 Å². The van der Waals surface area contributed by atoms with E-state index in [1.54, 1.807) is 66.7 Å². The molecule has 0 aliphatic carbocycles. The fourth-order valence-electron chi connectivity index (χ4n) is 3.49. The van der Waals surface area contributed by atoms with Crippen molar-refractivity contribution in [3.63, 3.8) is 0 Å². The lowest BCUT2D eigenvalue weighted by molar-refractivity contribution is 0.0957. The highest BCUT2D eigenvalue weighted by atomic mass is 35.5. The van der Waals surface area contributed by atoms with Gasteiger partial charge in [-0.15, -0.1) is 0 Å². The highest BCUT2D eigenvalue weighted by Gasteiger charge is 2.26. The number of nitrogens with zero attached hydrogens (tertiary/aromatic N) is 1. The number of nitriles is 1. The Morgan fingerprint density at radius 3 is 2.38 bits per heavy atom. The number of halogens is 1. The molecule has 0 aromatic heterocycles. The second-order valence-electron chi connectivity index (χ2n) is 8.72. The Morgan fingerprint density at radius 1 is 0.971 bits per heavy atom. The van der Waals surface area contributed by atoms with E-state index in [-0.39, 0.29) is 12.7 Å². The first-order valence-corrected chi connectivity index (χ1v) is 11.0. The number of nitrogens with one attached hydrogen (secondary N) is 1. The third-order valence-corrected chi connectivity index (χ3v) is 5.37. The molecule has 1 N–H and O–H groups in total. The molecule has 4 rings (SSSR count). The predicted molar refractivity (Wildman–Crippen MR) is 130 cm³/mol. The van der Waals surface area contributed by atoms with Crippen molar-refractivity contribution >= 4 is 23.1 Å². The van der Waals surface area contributed by atoms with Gasteiger partial charge in [0.25, 0.3) is 5.91 Å². The van der Waals surface area contributed by atoms with Gasteiger partial charge in [-0.1, -0.05) is 44.5 Å². The molecule has 0 saturated heterocycles. The van der Waals surface area contributed by atoms with Crippen molar-refractivity contribution in [2.24, 2.45) is 5.41 Å². The molecule has 172 valence electrons. The van der Waals surface area contributed by atoms with Gasteiger partial charge in [0, 0.05) is 21.7 Å². The standard InChI is InChI=1S/C27H23ClN2O4/c1-27(2,3)25(22(15-29)17-10-11-23-24(13-17)33-16-32-23)30-26(31)18-6-4-8-20(12-18)34-21-9-5-7-19(28)14-21/h4-14H,16H2,1-3H3,(H,30,31). The SMILES string of the molecule is CC(C)(C)C(NC(=O)c1cccc(Oc2cccc(Cl)c2)c1)=C(C#N)c1ccc2c(c1)OCO2. The molecular weight excluding hydrogens is 452 g/mol. The van der Waals surface area contributed by atoms with Crippen LogP contribution in [0.3, 0.4) is 0 Å². The molecule has 7 heteroatoms. The number of carbonyl (C=O) groups is 1. The molecule has 0 unspecified atom stereocenters. The number of ether oxygens (including phenoxy) is 3. The van der Waals surface area contributed by atoms with Crippen LogP contribution in [-0.2, 0) is 0 Å². The first kappa shape index (κ1) is 23.2. The second-order valence-corrected chi connectivity index (χ2v) is 9.16. The summed E-state index contributed by atoms with van der Waals surface area (Å²) in [4.78, 5) is 13.2. The van der Waals surface area contributed by atoms with Crippen molar-refractivity contribution in [2.45, 2.75) is 20.8 Å². The summed E-state index contributed by atoms with van der Waals surface area (Å²) in [6.07, 6.45) is 0. The number of fused-ring (bicyclic) bond motifs is 1. The van der Waals surface area contributed by atoms with Crippen LogP contribution < -0.4 is 19.5 Å². The zero-order valence-electron chi connectivity index (χ0n) is 19.0. The third-order valence-electron chi connectivity index (χ3n) is 5.14. The van der Waals surface area contributed by atoms with Gasteiger partial charge < -0.3 is 19.5 Å². The predicted octanol–water partition coefficient (Wildman–Crippen LogP) is 6.57. The zero-order valence-corrected chi connectivity index (χ0v) is 19.8. The van der Waals surface area contributed by atoms with Gasteiger partial charge in [-0.25, -0.2) is 0 Å². The molecule has 3 aromatic carbocycles. The minimum atomic E-state index is -0.522. The summed E-state index contributed by atoms with van der Waals surface area (Å²) < 4.78 is 16.7. The van der Waals surface area contributed by atoms with Crippen LogP contribution in [0.5, 0.6) is 23.0 Å². The molecule has 0 atom stereocenters. The van der Waals surface area contributed by atoms with E-state index in [0.717, 1.165) is 0 Å². The summed E-state index contributed by atoms with van der Waals surface area (Å²) in [6, 6.07) is 21.4. The van der Waals surface area contributed by atoms with Gasteiger partial charge in [-0.05, 0) is 60.2 Å². The maximum absolute atomic E-state index is 13.2. The lowest BCUT2D eigenvalue weighted by Gasteiger charge is -2.25. The Labute approximate surface area is 203 Å². The van der Waals surface area contributed by atoms with E-state index in [2.05, 4.69) is 11.4 Å². The van der Waals surface area contributed by atoms with Gasteiger partial charge in [0.05, 0.1) is 5.57 Å². The molecule has 1 amide bonds. The van der Waals surface area contributed by atoms with E-state index in [4.69, 9.17) is 25.8 Å². The Balaban J connectivity index is 1.64. The van der Waals surface area contributed by atoms with Crippen LogP contribution in [0.4, 0.5) is 0 Å². The van der Waals surface area contributed by atoms with Gasteiger partial charge in [-0.2, -0.15) is 5.26 Å². The van der Waals surface area contributed by atoms with E-state index < -0.39 is 5.41 Å². The van der Waals surface area contributed by atoms with Gasteiger partial charge in [-0.3, -0.25) is 4.79 Å². The van der Waals surface area contributed by atoms with Crippen molar-refractivity contribution in [3.05, 3.63) is 88.6 Å². The maximum Gasteiger partial charge on any atom is 0.255 e. The lowest BCUT2D eigenvalue weighted by atomic mass is 9.86. The van der Waals surface area contributed by atoms with E-state index in [9.17, 15) is 10.1 Å². The van der Waals surface area contributed by atoms with Gasteiger partial charge in [0.15, 0.2) is 11.5 Å². The molecule has 0 radical (unpaired) electrons. The fourth-order valence-corrected chi connectivity index (χ4v) is 3.68. The normalized spacial score (nSPS) is 13.0. The van der Waals surface area contributed by atoms with Crippen LogP contribution in [0, 0.1) is 16.7 Å². The van der Waals surface area contributed by atoms with E-state index in [0.29, 0.717) is 50.4 Å². The summed E-state index contributed by atoms with van der Waals surface area (Å²) in [7, 11) is 0. The molecule has 3 aromatic rings. The molecule has 1 heterocycles. The highest BCUT2D eigenvalue weighted by Crippen LogP contribution is 2.37. The van der Waals surface area contributed by atoms with Crippen molar-refractivity contribution < 1.29 is 19.0 Å². The van der Waals surface area contributed by atoms with Gasteiger partial charge in [0.1, 0.15) is 17.6 Å². The average molecular weight is 475 g/mol. The molecule has 0 fully saturated rings. The average Bonchev–Trinajstić information content (AvgIpc) is 3.26. The number of allylic oxidation sites excluding steroid dienone is 2. The summed E-state index contributed by atoms with van der Waals surface area (Å²) >= 11 is 6.03. The number of amides is 1. The Morgan fingerprint density at radius 2 is 1.68 bits per heavy atom. The summed E-state index contributed by atoms with van der Waals surface area (Å²) in [5, 5.41) is 13.5. The number of benzene rings is 3. The maximum atomic E-state index is 13.2. The second kappa shape index (κ2) is 9.50. The molecule has 6 nitrogen and oxygen atoms in total. The molecule has 1 aliphatic rings. The number of hydrogen-bond acceptors (Lipinski definition) is 5. The van der Waals surface area contributed by atoms with Crippen molar-refractivity contribution in [1.82, 2.24) is 5.32 Å². The molecule has 34 heavy (non-hydrogen) atoms. The van der Waals surface area contributed by atoms with Crippen molar-refractivity contribution in [2.75, 3.05) is 6.79 Å². The van der Waals surface area contributed by atoms with E-state index in [1.165, 1.54) is 0 Å². The fraction of sp³-hybridized carbons (Fsp3) is 0.185. The van der Waals surface area contributed by atoms with Crippen molar-refractivity contribution in [3.8, 4) is 29.1 Å². The summed E-state index contributed by atoms with van der Waals surface area (Å²) in [6.45, 7) is 5.95. The number of rotatable bonds is 5. The Hall–Kier alpha value is -3.95. The first-order valence-electron chi connectivity index (χ1n) is 10.6. The van der Waals surface area contributed by atoms with Crippen LogP contribution in [0.15, 0.2) is 72.4 Å². The Kier molecular flexibility index (Phi) is 6.49. The summed E-state index contributed by atoms with van der Waals surface area (Å²) in [5.41, 5.74) is 1.36. The van der Waals surface area contributed by atoms with E-state index in [1.807, 2.05) is 20.8 Å².